The van der Waals surface area contributed by atoms with Crippen LogP contribution in [0.3, 0.4) is 0 Å². The second-order valence-corrected chi connectivity index (χ2v) is 7.66. The van der Waals surface area contributed by atoms with Crippen LogP contribution in [0.5, 0.6) is 5.88 Å². The topological polar surface area (TPSA) is 96.0 Å². The Bertz CT molecular complexity index is 1110. The number of azo groups is 1. The van der Waals surface area contributed by atoms with Gasteiger partial charge in [-0.1, -0.05) is 37.5 Å². The Morgan fingerprint density at radius 2 is 1.73 bits per heavy atom. The minimum Gasteiger partial charge on any atom is -0.493 e. The predicted octanol–water partition coefficient (Wildman–Crippen LogP) is 5.33. The Morgan fingerprint density at radius 3 is 2.47 bits per heavy atom. The number of carbonyl (C=O) groups excluding carboxylic acids is 2. The number of amides is 2. The number of fused-ring (bicyclic) bond motifs is 1. The minimum atomic E-state index is -0.521. The Morgan fingerprint density at radius 1 is 1.03 bits per heavy atom. The molecule has 1 aromatic heterocycles. The van der Waals surface area contributed by atoms with Gasteiger partial charge in [-0.3, -0.25) is 9.59 Å². The third-order valence-electron chi connectivity index (χ3n) is 5.67. The van der Waals surface area contributed by atoms with Crippen LogP contribution in [0.25, 0.3) is 10.9 Å². The van der Waals surface area contributed by atoms with Gasteiger partial charge >= 0.3 is 0 Å². The van der Waals surface area contributed by atoms with E-state index < -0.39 is 5.91 Å². The summed E-state index contributed by atoms with van der Waals surface area (Å²) in [5.74, 6) is -0.455. The minimum absolute atomic E-state index is 0.0416. The largest absolute Gasteiger partial charge is 0.493 e. The van der Waals surface area contributed by atoms with Crippen LogP contribution in [-0.4, -0.2) is 21.5 Å². The number of nitrogens with zero attached hydrogens (tertiary/aromatic N) is 3. The van der Waals surface area contributed by atoms with E-state index in [0.717, 1.165) is 36.6 Å². The molecule has 1 fully saturated rings. The summed E-state index contributed by atoms with van der Waals surface area (Å²) in [6.45, 7) is 0. The fourth-order valence-electron chi connectivity index (χ4n) is 3.92. The van der Waals surface area contributed by atoms with Crippen LogP contribution in [0, 0.1) is 5.92 Å². The summed E-state index contributed by atoms with van der Waals surface area (Å²) in [5.41, 5.74) is 2.08. The van der Waals surface area contributed by atoms with Crippen LogP contribution in [0.15, 0.2) is 58.8 Å². The van der Waals surface area contributed by atoms with Crippen LogP contribution in [-0.2, 0) is 11.8 Å². The van der Waals surface area contributed by atoms with Crippen molar-refractivity contribution in [1.29, 1.82) is 0 Å². The molecule has 3 aromatic rings. The first-order valence-electron chi connectivity index (χ1n) is 10.2. The van der Waals surface area contributed by atoms with E-state index >= 15 is 0 Å². The molecule has 0 aliphatic heterocycles. The van der Waals surface area contributed by atoms with E-state index in [-0.39, 0.29) is 23.4 Å². The van der Waals surface area contributed by atoms with Crippen LogP contribution >= 0.6 is 0 Å². The van der Waals surface area contributed by atoms with Gasteiger partial charge in [0.25, 0.3) is 5.91 Å². The maximum atomic E-state index is 12.4. The predicted molar refractivity (Wildman–Crippen MR) is 115 cm³/mol. The Hall–Kier alpha value is -3.48. The number of aromatic hydroxyl groups is 1. The van der Waals surface area contributed by atoms with Gasteiger partial charge in [-0.25, -0.2) is 0 Å². The van der Waals surface area contributed by atoms with Crippen LogP contribution in [0.1, 0.15) is 42.5 Å². The number of para-hydroxylation sites is 1. The number of rotatable bonds is 4. The van der Waals surface area contributed by atoms with Crippen molar-refractivity contribution in [2.24, 2.45) is 23.2 Å². The monoisotopic (exact) mass is 404 g/mol. The number of anilines is 1. The first-order valence-corrected chi connectivity index (χ1v) is 10.2. The number of hydrogen-bond donors (Lipinski definition) is 2. The van der Waals surface area contributed by atoms with Crippen molar-refractivity contribution in [2.45, 2.75) is 32.1 Å². The molecule has 1 aliphatic rings. The summed E-state index contributed by atoms with van der Waals surface area (Å²) >= 11 is 0. The second kappa shape index (κ2) is 8.49. The fraction of sp³-hybridized carbons (Fsp3) is 0.304. The van der Waals surface area contributed by atoms with E-state index in [2.05, 4.69) is 15.5 Å². The third kappa shape index (κ3) is 3.96. The third-order valence-corrected chi connectivity index (χ3v) is 5.67. The maximum absolute atomic E-state index is 12.4. The molecule has 0 spiro atoms. The van der Waals surface area contributed by atoms with Gasteiger partial charge < -0.3 is 15.0 Å². The normalized spacial score (nSPS) is 15.0. The molecular weight excluding hydrogens is 380 g/mol. The Kier molecular flexibility index (Phi) is 5.61. The molecule has 0 saturated heterocycles. The molecule has 154 valence electrons. The molecule has 2 N–H and O–H groups in total. The SMILES string of the molecule is Cn1c(O)c(N=NC(=O)c2ccc(NC(=O)C3CCCCC3)cc2)c2ccccc21. The maximum Gasteiger partial charge on any atom is 0.295 e. The molecular formula is C23H24N4O3. The van der Waals surface area contributed by atoms with E-state index in [1.165, 1.54) is 6.42 Å². The van der Waals surface area contributed by atoms with Crippen molar-refractivity contribution in [3.8, 4) is 5.88 Å². The first kappa shape index (κ1) is 19.8. The standard InChI is InChI=1S/C23H24N4O3/c1-27-19-10-6-5-9-18(19)20(23(27)30)25-26-22(29)16-11-13-17(14-12-16)24-21(28)15-7-3-2-4-8-15/h5-6,9-15,30H,2-4,7-8H2,1H3,(H,24,28). The number of benzene rings is 2. The zero-order valence-corrected chi connectivity index (χ0v) is 16.8. The molecule has 2 amide bonds. The van der Waals surface area contributed by atoms with Crippen LogP contribution in [0.4, 0.5) is 11.4 Å². The lowest BCUT2D eigenvalue weighted by Gasteiger charge is -2.20. The van der Waals surface area contributed by atoms with Crippen molar-refractivity contribution >= 4 is 34.1 Å². The van der Waals surface area contributed by atoms with Gasteiger partial charge in [-0.05, 0) is 43.2 Å². The summed E-state index contributed by atoms with van der Waals surface area (Å²) < 4.78 is 1.60. The van der Waals surface area contributed by atoms with Gasteiger partial charge in [-0.2, -0.15) is 0 Å². The Balaban J connectivity index is 1.45. The van der Waals surface area contributed by atoms with Gasteiger partial charge in [0.1, 0.15) is 0 Å². The lowest BCUT2D eigenvalue weighted by Crippen LogP contribution is -2.24. The van der Waals surface area contributed by atoms with Gasteiger partial charge in [0.15, 0.2) is 5.69 Å². The molecule has 30 heavy (non-hydrogen) atoms. The number of nitrogens with one attached hydrogen (secondary N) is 1. The van der Waals surface area contributed by atoms with E-state index in [1.54, 1.807) is 35.9 Å². The Labute approximate surface area is 174 Å². The highest BCUT2D eigenvalue weighted by Gasteiger charge is 2.21. The summed E-state index contributed by atoms with van der Waals surface area (Å²) in [6.07, 6.45) is 5.27. The van der Waals surface area contributed by atoms with Crippen molar-refractivity contribution < 1.29 is 14.7 Å². The fourth-order valence-corrected chi connectivity index (χ4v) is 3.92. The van der Waals surface area contributed by atoms with Crippen molar-refractivity contribution in [2.75, 3.05) is 5.32 Å². The smallest absolute Gasteiger partial charge is 0.295 e. The lowest BCUT2D eigenvalue weighted by atomic mass is 9.88. The zero-order valence-electron chi connectivity index (χ0n) is 16.8. The van der Waals surface area contributed by atoms with Gasteiger partial charge in [0.05, 0.1) is 5.52 Å². The molecule has 0 unspecified atom stereocenters. The molecule has 1 heterocycles. The highest BCUT2D eigenvalue weighted by Crippen LogP contribution is 2.37. The van der Waals surface area contributed by atoms with Crippen LogP contribution in [0.2, 0.25) is 0 Å². The highest BCUT2D eigenvalue weighted by atomic mass is 16.3. The summed E-state index contributed by atoms with van der Waals surface area (Å²) in [4.78, 5) is 24.8. The summed E-state index contributed by atoms with van der Waals surface area (Å²) in [6, 6.07) is 14.0. The quantitative estimate of drug-likeness (QED) is 0.576. The molecule has 4 rings (SSSR count). The average Bonchev–Trinajstić information content (AvgIpc) is 3.03. The number of hydrogen-bond acceptors (Lipinski definition) is 4. The number of aromatic nitrogens is 1. The van der Waals surface area contributed by atoms with E-state index in [1.807, 2.05) is 24.3 Å². The average molecular weight is 404 g/mol. The van der Waals surface area contributed by atoms with Gasteiger partial charge in [-0.15, -0.1) is 10.2 Å². The second-order valence-electron chi connectivity index (χ2n) is 7.66. The highest BCUT2D eigenvalue weighted by molar-refractivity contribution is 5.98. The molecule has 7 heteroatoms. The van der Waals surface area contributed by atoms with Crippen molar-refractivity contribution in [1.82, 2.24) is 4.57 Å². The van der Waals surface area contributed by atoms with Crippen LogP contribution < -0.4 is 5.32 Å². The molecule has 2 aromatic carbocycles. The lowest BCUT2D eigenvalue weighted by molar-refractivity contribution is -0.120. The number of aryl methyl sites for hydroxylation is 1. The molecule has 0 radical (unpaired) electrons. The molecule has 0 bridgehead atoms. The summed E-state index contributed by atoms with van der Waals surface area (Å²) in [7, 11) is 1.72. The van der Waals surface area contributed by atoms with E-state index in [4.69, 9.17) is 0 Å². The van der Waals surface area contributed by atoms with Gasteiger partial charge in [0, 0.05) is 29.6 Å². The zero-order chi connectivity index (χ0) is 21.1. The van der Waals surface area contributed by atoms with Gasteiger partial charge in [0.2, 0.25) is 11.8 Å². The van der Waals surface area contributed by atoms with E-state index in [0.29, 0.717) is 11.3 Å². The molecule has 0 atom stereocenters. The molecule has 1 saturated carbocycles. The van der Waals surface area contributed by atoms with Crippen molar-refractivity contribution in [3.05, 3.63) is 54.1 Å². The van der Waals surface area contributed by atoms with Crippen molar-refractivity contribution in [3.63, 3.8) is 0 Å². The summed E-state index contributed by atoms with van der Waals surface area (Å²) in [5, 5.41) is 21.7. The molecule has 1 aliphatic carbocycles. The first-order chi connectivity index (χ1) is 14.5. The number of carbonyl (C=O) groups is 2. The molecule has 7 nitrogen and oxygen atoms in total. The van der Waals surface area contributed by atoms with E-state index in [9.17, 15) is 14.7 Å².